The van der Waals surface area contributed by atoms with Crippen molar-refractivity contribution >= 4 is 39.7 Å². The summed E-state index contributed by atoms with van der Waals surface area (Å²) in [6.45, 7) is 14.1. The average molecular weight is 467 g/mol. The van der Waals surface area contributed by atoms with Gasteiger partial charge in [0.05, 0.1) is 5.53 Å². The van der Waals surface area contributed by atoms with Gasteiger partial charge in [-0.2, -0.15) is 0 Å². The molecule has 28 heavy (non-hydrogen) atoms. The van der Waals surface area contributed by atoms with Gasteiger partial charge in [0.25, 0.3) is 0 Å². The molecule has 0 bridgehead atoms. The number of rotatable bonds is 21. The zero-order valence-electron chi connectivity index (χ0n) is 20.0. The highest BCUT2D eigenvalue weighted by Crippen LogP contribution is 2.70. The van der Waals surface area contributed by atoms with E-state index in [2.05, 4.69) is 75.7 Å². The second-order valence-electron chi connectivity index (χ2n) is 9.45. The van der Waals surface area contributed by atoms with Gasteiger partial charge in [-0.05, 0) is 54.3 Å². The maximum absolute atomic E-state index is 2.35. The Hall–Kier alpha value is 1.48. The van der Waals surface area contributed by atoms with Gasteiger partial charge in [0, 0.05) is 0 Å². The van der Waals surface area contributed by atoms with E-state index < -0.39 is 0 Å². The number of hydrogen-bond donors (Lipinski definition) is 0. The third-order valence-electron chi connectivity index (χ3n) is 4.87. The number of hydrogen-bond acceptors (Lipinski definition) is 3. The third kappa shape index (κ3) is 23.8. The summed E-state index contributed by atoms with van der Waals surface area (Å²) < 4.78 is 0. The first-order valence-corrected chi connectivity index (χ1v) is 18.2. The van der Waals surface area contributed by atoms with Crippen LogP contribution >= 0.6 is 39.7 Å². The van der Waals surface area contributed by atoms with Gasteiger partial charge in [-0.25, -0.2) is 0 Å². The third-order valence-corrected chi connectivity index (χ3v) is 16.1. The Bertz CT molecular complexity index is 261. The van der Waals surface area contributed by atoms with Gasteiger partial charge in [-0.3, -0.25) is 0 Å². The molecular formula is C24H51PS3. The fraction of sp³-hybridized carbons (Fsp3) is 1.00. The van der Waals surface area contributed by atoms with Gasteiger partial charge in [0.1, 0.15) is 0 Å². The summed E-state index contributed by atoms with van der Waals surface area (Å²) >= 11 is 6.93. The van der Waals surface area contributed by atoms with E-state index in [0.717, 1.165) is 17.8 Å². The molecule has 0 unspecified atom stereocenters. The van der Waals surface area contributed by atoms with Crippen LogP contribution in [-0.4, -0.2) is 17.3 Å². The molecule has 0 aromatic heterocycles. The van der Waals surface area contributed by atoms with Crippen molar-refractivity contribution in [2.75, 3.05) is 17.3 Å². The van der Waals surface area contributed by atoms with E-state index in [0.29, 0.717) is 0 Å². The molecule has 0 spiro atoms. The summed E-state index contributed by atoms with van der Waals surface area (Å²) in [4.78, 5) is 0. The Labute approximate surface area is 192 Å². The van der Waals surface area contributed by atoms with Crippen LogP contribution in [0.1, 0.15) is 119 Å². The molecule has 0 amide bonds. The lowest BCUT2D eigenvalue weighted by Crippen LogP contribution is -1.89. The minimum absolute atomic E-state index is 0.0894. The lowest BCUT2D eigenvalue weighted by molar-refractivity contribution is 0.535. The molecule has 0 saturated heterocycles. The Morgan fingerprint density at radius 2 is 0.714 bits per heavy atom. The molecule has 170 valence electrons. The van der Waals surface area contributed by atoms with Gasteiger partial charge >= 0.3 is 0 Å². The predicted octanol–water partition coefficient (Wildman–Crippen LogP) is 11.1. The van der Waals surface area contributed by atoms with E-state index in [-0.39, 0.29) is 5.53 Å². The molecule has 0 aliphatic heterocycles. The maximum Gasteiger partial charge on any atom is 0.0729 e. The fourth-order valence-electron chi connectivity index (χ4n) is 3.02. The first-order valence-electron chi connectivity index (χ1n) is 12.1. The van der Waals surface area contributed by atoms with E-state index >= 15 is 0 Å². The molecule has 0 N–H and O–H groups in total. The van der Waals surface area contributed by atoms with Crippen LogP contribution in [0.5, 0.6) is 0 Å². The molecule has 0 aromatic rings. The first-order chi connectivity index (χ1) is 13.4. The highest BCUT2D eigenvalue weighted by molar-refractivity contribution is 9.12. The Kier molecular flexibility index (Phi) is 22.8. The molecule has 0 radical (unpaired) electrons. The molecule has 0 aliphatic carbocycles. The van der Waals surface area contributed by atoms with Crippen LogP contribution in [-0.2, 0) is 0 Å². The molecule has 0 fully saturated rings. The second kappa shape index (κ2) is 21.7. The van der Waals surface area contributed by atoms with Gasteiger partial charge in [-0.15, -0.1) is 34.1 Å². The van der Waals surface area contributed by atoms with Crippen molar-refractivity contribution in [2.24, 2.45) is 17.8 Å². The van der Waals surface area contributed by atoms with Crippen LogP contribution in [0.15, 0.2) is 0 Å². The van der Waals surface area contributed by atoms with Gasteiger partial charge in [0.2, 0.25) is 0 Å². The summed E-state index contributed by atoms with van der Waals surface area (Å²) in [6.07, 6.45) is 17.1. The van der Waals surface area contributed by atoms with Crippen molar-refractivity contribution in [3.05, 3.63) is 0 Å². The second-order valence-corrected chi connectivity index (χ2v) is 19.6. The molecule has 0 aromatic carbocycles. The van der Waals surface area contributed by atoms with Crippen LogP contribution in [0.25, 0.3) is 0 Å². The van der Waals surface area contributed by atoms with Crippen molar-refractivity contribution in [1.82, 2.24) is 0 Å². The minimum Gasteiger partial charge on any atom is -0.112 e. The molecule has 0 rings (SSSR count). The van der Waals surface area contributed by atoms with Crippen molar-refractivity contribution < 1.29 is 0 Å². The van der Waals surface area contributed by atoms with Crippen molar-refractivity contribution in [3.8, 4) is 0 Å². The van der Waals surface area contributed by atoms with Crippen molar-refractivity contribution in [3.63, 3.8) is 0 Å². The summed E-state index contributed by atoms with van der Waals surface area (Å²) in [5.74, 6) is 6.81. The molecule has 0 atom stereocenters. The topological polar surface area (TPSA) is 0 Å². The smallest absolute Gasteiger partial charge is 0.0729 e. The van der Waals surface area contributed by atoms with E-state index in [9.17, 15) is 0 Å². The van der Waals surface area contributed by atoms with Crippen LogP contribution in [0.2, 0.25) is 0 Å². The molecule has 0 heterocycles. The largest absolute Gasteiger partial charge is 0.112 e. The van der Waals surface area contributed by atoms with E-state index in [4.69, 9.17) is 0 Å². The standard InChI is InChI=1S/C24H51PS3/c1-22(2)16-10-7-13-19-26-25(27-20-14-8-11-17-23(3)4)28-21-15-9-12-18-24(5)6/h22-24H,7-21H2,1-6H3. The SMILES string of the molecule is CC(C)CCCCCSP(SCCCCCC(C)C)SCCCCCC(C)C. The van der Waals surface area contributed by atoms with Gasteiger partial charge in [0.15, 0.2) is 0 Å². The predicted molar refractivity (Wildman–Crippen MR) is 144 cm³/mol. The normalized spacial score (nSPS) is 12.2. The van der Waals surface area contributed by atoms with Gasteiger partial charge < -0.3 is 0 Å². The highest BCUT2D eigenvalue weighted by Gasteiger charge is 2.10. The summed E-state index contributed by atoms with van der Waals surface area (Å²) in [7, 11) is 0. The molecule has 4 heteroatoms. The van der Waals surface area contributed by atoms with E-state index in [1.165, 1.54) is 94.3 Å². The highest BCUT2D eigenvalue weighted by atomic mass is 33.4. The Balaban J connectivity index is 3.89. The van der Waals surface area contributed by atoms with Crippen LogP contribution < -0.4 is 0 Å². The minimum atomic E-state index is 0.0894. The fourth-order valence-corrected chi connectivity index (χ4v) is 13.9. The average Bonchev–Trinajstić information content (AvgIpc) is 2.62. The van der Waals surface area contributed by atoms with Crippen LogP contribution in [0, 0.1) is 17.8 Å². The van der Waals surface area contributed by atoms with Gasteiger partial charge in [-0.1, -0.05) is 99.3 Å². The summed E-state index contributed by atoms with van der Waals surface area (Å²) in [6, 6.07) is 0. The first kappa shape index (κ1) is 29.5. The Morgan fingerprint density at radius 3 is 0.964 bits per heavy atom. The molecular weight excluding hydrogens is 415 g/mol. The maximum atomic E-state index is 2.35. The molecule has 0 nitrogen and oxygen atoms in total. The molecule has 0 saturated carbocycles. The summed E-state index contributed by atoms with van der Waals surface area (Å²) in [5.41, 5.74) is 0.0894. The zero-order valence-corrected chi connectivity index (χ0v) is 23.4. The van der Waals surface area contributed by atoms with Crippen LogP contribution in [0.3, 0.4) is 0 Å². The van der Waals surface area contributed by atoms with Crippen LogP contribution in [0.4, 0.5) is 0 Å². The zero-order chi connectivity index (χ0) is 21.0. The lowest BCUT2D eigenvalue weighted by Gasteiger charge is -2.16. The lowest BCUT2D eigenvalue weighted by atomic mass is 10.1. The quantitative estimate of drug-likeness (QED) is 0.122. The van der Waals surface area contributed by atoms with E-state index in [1.807, 2.05) is 0 Å². The van der Waals surface area contributed by atoms with Crippen molar-refractivity contribution in [2.45, 2.75) is 119 Å². The van der Waals surface area contributed by atoms with Crippen molar-refractivity contribution in [1.29, 1.82) is 0 Å². The monoisotopic (exact) mass is 466 g/mol. The Morgan fingerprint density at radius 1 is 0.429 bits per heavy atom. The van der Waals surface area contributed by atoms with E-state index in [1.54, 1.807) is 0 Å². The number of unbranched alkanes of at least 4 members (excludes halogenated alkanes) is 6. The summed E-state index contributed by atoms with van der Waals surface area (Å²) in [5, 5.41) is 0. The molecule has 0 aliphatic rings.